The van der Waals surface area contributed by atoms with Crippen molar-refractivity contribution in [2.24, 2.45) is 4.99 Å². The van der Waals surface area contributed by atoms with E-state index in [9.17, 15) is 4.79 Å². The first-order valence-electron chi connectivity index (χ1n) is 6.81. The van der Waals surface area contributed by atoms with Crippen LogP contribution in [0.3, 0.4) is 0 Å². The van der Waals surface area contributed by atoms with E-state index < -0.39 is 5.54 Å². The van der Waals surface area contributed by atoms with E-state index in [0.29, 0.717) is 25.6 Å². The monoisotopic (exact) mass is 275 g/mol. The van der Waals surface area contributed by atoms with Crippen LogP contribution in [0, 0.1) is 0 Å². The Morgan fingerprint density at radius 1 is 1.35 bits per heavy atom. The van der Waals surface area contributed by atoms with Crippen LogP contribution in [-0.2, 0) is 21.7 Å². The number of carbonyl (C=O) groups excluding carboxylic acids is 1. The zero-order chi connectivity index (χ0) is 14.0. The third-order valence-electron chi connectivity index (χ3n) is 4.00. The Morgan fingerprint density at radius 3 is 2.80 bits per heavy atom. The van der Waals surface area contributed by atoms with Crippen LogP contribution in [0.5, 0.6) is 11.5 Å². The summed E-state index contributed by atoms with van der Waals surface area (Å²) in [5.74, 6) is 1.43. The molecule has 0 unspecified atom stereocenters. The minimum atomic E-state index is -0.512. The highest BCUT2D eigenvalue weighted by Crippen LogP contribution is 2.52. The van der Waals surface area contributed by atoms with Crippen LogP contribution in [0.1, 0.15) is 30.4 Å². The molecule has 1 fully saturated rings. The lowest BCUT2D eigenvalue weighted by Gasteiger charge is -2.40. The van der Waals surface area contributed by atoms with E-state index >= 15 is 0 Å². The van der Waals surface area contributed by atoms with E-state index in [1.54, 1.807) is 13.2 Å². The van der Waals surface area contributed by atoms with Gasteiger partial charge in [-0.05, 0) is 30.9 Å². The van der Waals surface area contributed by atoms with Crippen molar-refractivity contribution in [1.82, 2.24) is 0 Å². The molecule has 1 aromatic rings. The Labute approximate surface area is 117 Å². The van der Waals surface area contributed by atoms with Gasteiger partial charge in [-0.15, -0.1) is 0 Å². The first kappa shape index (κ1) is 13.2. The second-order valence-corrected chi connectivity index (χ2v) is 5.15. The number of hydrogen-bond acceptors (Lipinski definition) is 5. The molecule has 0 saturated heterocycles. The topological polar surface area (TPSA) is 57.1 Å². The van der Waals surface area contributed by atoms with Crippen molar-refractivity contribution >= 4 is 6.08 Å². The smallest absolute Gasteiger partial charge is 0.235 e. The molecule has 5 nitrogen and oxygen atoms in total. The van der Waals surface area contributed by atoms with Gasteiger partial charge in [0, 0.05) is 12.7 Å². The molecule has 0 N–H and O–H groups in total. The van der Waals surface area contributed by atoms with Crippen LogP contribution < -0.4 is 9.47 Å². The number of nitrogens with zero attached hydrogens (tertiary/aromatic N) is 1. The lowest BCUT2D eigenvalue weighted by atomic mass is 9.70. The molecular formula is C15H17NO4. The molecular weight excluding hydrogens is 258 g/mol. The average Bonchev–Trinajstić information content (AvgIpc) is 2.44. The average molecular weight is 275 g/mol. The quantitative estimate of drug-likeness (QED) is 0.625. The van der Waals surface area contributed by atoms with Gasteiger partial charge in [0.25, 0.3) is 0 Å². The summed E-state index contributed by atoms with van der Waals surface area (Å²) in [4.78, 5) is 14.9. The molecule has 0 spiro atoms. The Balaban J connectivity index is 2.17. The summed E-state index contributed by atoms with van der Waals surface area (Å²) in [6.45, 7) is 1.51. The molecule has 1 aromatic carbocycles. The summed E-state index contributed by atoms with van der Waals surface area (Å²) in [7, 11) is 1.65. The van der Waals surface area contributed by atoms with E-state index in [4.69, 9.17) is 14.2 Å². The zero-order valence-electron chi connectivity index (χ0n) is 11.5. The zero-order valence-corrected chi connectivity index (χ0v) is 11.5. The van der Waals surface area contributed by atoms with Crippen LogP contribution in [0.2, 0.25) is 0 Å². The molecule has 106 valence electrons. The Hall–Kier alpha value is -1.84. The predicted octanol–water partition coefficient (Wildman–Crippen LogP) is 2.32. The van der Waals surface area contributed by atoms with Crippen LogP contribution in [0.25, 0.3) is 0 Å². The number of benzene rings is 1. The second-order valence-electron chi connectivity index (χ2n) is 5.15. The largest absolute Gasteiger partial charge is 0.486 e. The molecule has 0 aromatic heterocycles. The lowest BCUT2D eigenvalue weighted by Crippen LogP contribution is -2.34. The first-order valence-corrected chi connectivity index (χ1v) is 6.81. The minimum absolute atomic E-state index is 0.460. The maximum atomic E-state index is 10.8. The van der Waals surface area contributed by atoms with Gasteiger partial charge in [0.1, 0.15) is 18.8 Å². The third-order valence-corrected chi connectivity index (χ3v) is 4.00. The molecule has 0 bridgehead atoms. The number of hydrogen-bond donors (Lipinski definition) is 0. The van der Waals surface area contributed by atoms with Crippen LogP contribution >= 0.6 is 0 Å². The van der Waals surface area contributed by atoms with Gasteiger partial charge in [-0.2, -0.15) is 4.99 Å². The highest BCUT2D eigenvalue weighted by atomic mass is 16.6. The van der Waals surface area contributed by atoms with E-state index in [1.807, 2.05) is 12.1 Å². The molecule has 0 amide bonds. The fourth-order valence-corrected chi connectivity index (χ4v) is 2.96. The summed E-state index contributed by atoms with van der Waals surface area (Å²) in [5, 5.41) is 0. The maximum absolute atomic E-state index is 10.8. The van der Waals surface area contributed by atoms with Gasteiger partial charge in [-0.1, -0.05) is 6.07 Å². The Kier molecular flexibility index (Phi) is 3.47. The standard InChI is InChI=1S/C15H17NO4/c1-18-9-11-3-4-12-14(20-8-7-19-12)13(11)15(16-10-17)5-2-6-15/h3-4H,2,5-9H2,1H3. The fourth-order valence-electron chi connectivity index (χ4n) is 2.96. The van der Waals surface area contributed by atoms with Gasteiger partial charge in [0.05, 0.1) is 6.61 Å². The predicted molar refractivity (Wildman–Crippen MR) is 71.8 cm³/mol. The SMILES string of the molecule is COCc1ccc2c(c1C1(N=C=O)CCC1)OCCO2. The van der Waals surface area contributed by atoms with Gasteiger partial charge in [0.15, 0.2) is 11.5 Å². The van der Waals surface area contributed by atoms with Crippen molar-refractivity contribution in [1.29, 1.82) is 0 Å². The summed E-state index contributed by atoms with van der Waals surface area (Å²) >= 11 is 0. The fraction of sp³-hybridized carbons (Fsp3) is 0.533. The lowest BCUT2D eigenvalue weighted by molar-refractivity contribution is 0.152. The Morgan fingerprint density at radius 2 is 2.15 bits per heavy atom. The van der Waals surface area contributed by atoms with Gasteiger partial charge in [0.2, 0.25) is 6.08 Å². The highest BCUT2D eigenvalue weighted by molar-refractivity contribution is 5.56. The van der Waals surface area contributed by atoms with E-state index in [2.05, 4.69) is 4.99 Å². The number of ether oxygens (including phenoxy) is 3. The van der Waals surface area contributed by atoms with E-state index in [0.717, 1.165) is 36.1 Å². The number of rotatable bonds is 4. The highest BCUT2D eigenvalue weighted by Gasteiger charge is 2.44. The van der Waals surface area contributed by atoms with Crippen molar-refractivity contribution in [3.05, 3.63) is 23.3 Å². The van der Waals surface area contributed by atoms with Crippen molar-refractivity contribution < 1.29 is 19.0 Å². The molecule has 5 heteroatoms. The summed E-state index contributed by atoms with van der Waals surface area (Å²) in [5.41, 5.74) is 1.42. The second kappa shape index (κ2) is 5.27. The van der Waals surface area contributed by atoms with E-state index in [1.165, 1.54) is 0 Å². The number of fused-ring (bicyclic) bond motifs is 1. The maximum Gasteiger partial charge on any atom is 0.235 e. The summed E-state index contributed by atoms with van der Waals surface area (Å²) in [6, 6.07) is 3.86. The van der Waals surface area contributed by atoms with Crippen molar-refractivity contribution in [2.45, 2.75) is 31.4 Å². The molecule has 0 radical (unpaired) electrons. The first-order chi connectivity index (χ1) is 9.80. The molecule has 0 atom stereocenters. The molecule has 1 saturated carbocycles. The van der Waals surface area contributed by atoms with Gasteiger partial charge < -0.3 is 14.2 Å². The molecule has 20 heavy (non-hydrogen) atoms. The minimum Gasteiger partial charge on any atom is -0.486 e. The molecule has 3 rings (SSSR count). The summed E-state index contributed by atoms with van der Waals surface area (Å²) in [6.07, 6.45) is 4.43. The van der Waals surface area contributed by atoms with Crippen LogP contribution in [0.15, 0.2) is 17.1 Å². The van der Waals surface area contributed by atoms with Crippen molar-refractivity contribution in [3.63, 3.8) is 0 Å². The van der Waals surface area contributed by atoms with Crippen LogP contribution in [-0.4, -0.2) is 26.4 Å². The van der Waals surface area contributed by atoms with Crippen molar-refractivity contribution in [2.75, 3.05) is 20.3 Å². The van der Waals surface area contributed by atoms with Crippen LogP contribution in [0.4, 0.5) is 0 Å². The van der Waals surface area contributed by atoms with Gasteiger partial charge >= 0.3 is 0 Å². The Bertz CT molecular complexity index is 559. The molecule has 1 aliphatic heterocycles. The van der Waals surface area contributed by atoms with E-state index in [-0.39, 0.29) is 0 Å². The number of isocyanates is 1. The summed E-state index contributed by atoms with van der Waals surface area (Å²) < 4.78 is 16.7. The van der Waals surface area contributed by atoms with Gasteiger partial charge in [-0.25, -0.2) is 4.79 Å². The third kappa shape index (κ3) is 1.99. The molecule has 2 aliphatic rings. The number of aliphatic imine (C=N–C) groups is 1. The normalized spacial score (nSPS) is 18.9. The molecule has 1 aliphatic carbocycles. The molecule has 1 heterocycles. The number of methoxy groups -OCH3 is 1. The van der Waals surface area contributed by atoms with Gasteiger partial charge in [-0.3, -0.25) is 0 Å². The van der Waals surface area contributed by atoms with Crippen molar-refractivity contribution in [3.8, 4) is 11.5 Å².